The summed E-state index contributed by atoms with van der Waals surface area (Å²) in [6.45, 7) is 0. The Morgan fingerprint density at radius 3 is 1.43 bits per heavy atom. The van der Waals surface area contributed by atoms with E-state index in [1.807, 2.05) is 0 Å². The topological polar surface area (TPSA) is 18.1 Å². The largest absolute Gasteiger partial charge is 0.456 e. The minimum absolute atomic E-state index is 0.879. The van der Waals surface area contributed by atoms with Gasteiger partial charge in [-0.2, -0.15) is 0 Å². The van der Waals surface area contributed by atoms with E-state index < -0.39 is 8.07 Å². The molecule has 0 saturated heterocycles. The van der Waals surface area contributed by atoms with Gasteiger partial charge in [0.15, 0.2) is 8.07 Å². The lowest BCUT2D eigenvalue weighted by atomic mass is 9.95. The number of aromatic nitrogens is 1. The van der Waals surface area contributed by atoms with Crippen LogP contribution in [-0.2, 0) is 0 Å². The molecule has 2 heterocycles. The number of hydrogen-bond acceptors (Lipinski definition) is 1. The summed E-state index contributed by atoms with van der Waals surface area (Å²) in [4.78, 5) is 0. The van der Waals surface area contributed by atoms with Crippen molar-refractivity contribution in [1.82, 2.24) is 4.57 Å². The summed E-state index contributed by atoms with van der Waals surface area (Å²) in [5, 5.41) is 9.93. The molecule has 63 heavy (non-hydrogen) atoms. The highest BCUT2D eigenvalue weighted by Gasteiger charge is 2.43. The van der Waals surface area contributed by atoms with Gasteiger partial charge in [-0.3, -0.25) is 0 Å². The molecule has 0 aliphatic rings. The highest BCUT2D eigenvalue weighted by atomic mass is 28.3. The third kappa shape index (κ3) is 5.93. The maximum atomic E-state index is 6.62. The van der Waals surface area contributed by atoms with Crippen LogP contribution in [0.25, 0.3) is 82.8 Å². The fraction of sp³-hybridized carbons (Fsp3) is 0. The predicted octanol–water partition coefficient (Wildman–Crippen LogP) is 13.1. The number of furan rings is 1. The first kappa shape index (κ1) is 36.8. The number of nitrogens with zero attached hydrogens (tertiary/aromatic N) is 1. The average molecular weight is 820 g/mol. The molecule has 0 aliphatic heterocycles. The van der Waals surface area contributed by atoms with Gasteiger partial charge in [-0.15, -0.1) is 0 Å². The van der Waals surface area contributed by atoms with Gasteiger partial charge in [-0.05, 0) is 67.3 Å². The van der Waals surface area contributed by atoms with Crippen molar-refractivity contribution in [2.75, 3.05) is 0 Å². The Balaban J connectivity index is 1.29. The lowest BCUT2D eigenvalue weighted by Gasteiger charge is -2.36. The third-order valence-corrected chi connectivity index (χ3v) is 17.7. The van der Waals surface area contributed by atoms with Gasteiger partial charge in [0.2, 0.25) is 0 Å². The molecule has 12 rings (SSSR count). The van der Waals surface area contributed by atoms with Gasteiger partial charge in [-0.25, -0.2) is 0 Å². The molecule has 0 atom stereocenters. The van der Waals surface area contributed by atoms with Crippen molar-refractivity contribution in [2.24, 2.45) is 0 Å². The van der Waals surface area contributed by atoms with E-state index in [4.69, 9.17) is 4.42 Å². The van der Waals surface area contributed by atoms with Crippen LogP contribution in [0.4, 0.5) is 0 Å². The second kappa shape index (κ2) is 15.2. The smallest absolute Gasteiger partial charge is 0.179 e. The van der Waals surface area contributed by atoms with E-state index in [1.54, 1.807) is 0 Å². The molecule has 0 aliphatic carbocycles. The summed E-state index contributed by atoms with van der Waals surface area (Å²) in [6, 6.07) is 91.6. The fourth-order valence-corrected chi connectivity index (χ4v) is 15.0. The minimum Gasteiger partial charge on any atom is -0.456 e. The second-order valence-electron chi connectivity index (χ2n) is 16.4. The molecular weight excluding hydrogens is 779 g/mol. The number of fused-ring (bicyclic) bond motifs is 7. The van der Waals surface area contributed by atoms with Crippen LogP contribution in [-0.4, -0.2) is 12.6 Å². The quantitative estimate of drug-likeness (QED) is 0.110. The standard InChI is InChI=1S/C60H41NOSi/c1-6-21-42(22-7-1)45-27-20-32-48(39-45)63(46-28-12-4-13-29-46,47-30-14-5-15-31-47)49-40-53(43-23-8-2-9-24-43)59(54(41-49)44-25-10-3-11-26-44)61-55-35-18-16-33-50(55)51-37-38-57-58(60(51)61)52-34-17-19-36-56(52)62-57/h1-41H. The molecule has 0 bridgehead atoms. The fourth-order valence-electron chi connectivity index (χ4n) is 10.2. The molecule has 296 valence electrons. The van der Waals surface area contributed by atoms with Gasteiger partial charge >= 0.3 is 0 Å². The van der Waals surface area contributed by atoms with Crippen LogP contribution in [0.15, 0.2) is 253 Å². The minimum atomic E-state index is -3.10. The summed E-state index contributed by atoms with van der Waals surface area (Å²) in [6.07, 6.45) is 0. The van der Waals surface area contributed by atoms with E-state index in [0.717, 1.165) is 49.8 Å². The van der Waals surface area contributed by atoms with Gasteiger partial charge < -0.3 is 8.98 Å². The predicted molar refractivity (Wildman–Crippen MR) is 268 cm³/mol. The molecule has 0 fully saturated rings. The first-order valence-corrected chi connectivity index (χ1v) is 23.7. The summed E-state index contributed by atoms with van der Waals surface area (Å²) < 4.78 is 9.17. The number of benzene rings is 10. The molecule has 2 nitrogen and oxygen atoms in total. The maximum absolute atomic E-state index is 6.62. The van der Waals surface area contributed by atoms with Gasteiger partial charge in [0.25, 0.3) is 0 Å². The normalized spacial score (nSPS) is 11.8. The monoisotopic (exact) mass is 819 g/mol. The van der Waals surface area contributed by atoms with Gasteiger partial charge in [-0.1, -0.05) is 224 Å². The van der Waals surface area contributed by atoms with E-state index in [2.05, 4.69) is 253 Å². The lowest BCUT2D eigenvalue weighted by Crippen LogP contribution is -2.74. The van der Waals surface area contributed by atoms with E-state index in [9.17, 15) is 0 Å². The SMILES string of the molecule is c1ccc(-c2cccc([Si](c3ccccc3)(c3ccccc3)c3cc(-c4ccccc4)c(-n4c5ccccc5c5ccc6oc7ccccc7c6c54)c(-c4ccccc4)c3)c2)cc1. The number of rotatable bonds is 8. The Bertz CT molecular complexity index is 3490. The number of para-hydroxylation sites is 2. The number of hydrogen-bond donors (Lipinski definition) is 0. The second-order valence-corrected chi connectivity index (χ2v) is 20.2. The van der Waals surface area contributed by atoms with Crippen LogP contribution in [0.5, 0.6) is 0 Å². The Labute approximate surface area is 367 Å². The Morgan fingerprint density at radius 1 is 0.317 bits per heavy atom. The highest BCUT2D eigenvalue weighted by Crippen LogP contribution is 2.45. The van der Waals surface area contributed by atoms with Gasteiger partial charge in [0.05, 0.1) is 22.1 Å². The average Bonchev–Trinajstić information content (AvgIpc) is 3.91. The van der Waals surface area contributed by atoms with Crippen LogP contribution >= 0.6 is 0 Å². The van der Waals surface area contributed by atoms with Crippen molar-refractivity contribution in [2.45, 2.75) is 0 Å². The molecule has 0 radical (unpaired) electrons. The van der Waals surface area contributed by atoms with Crippen molar-refractivity contribution >= 4 is 72.6 Å². The van der Waals surface area contributed by atoms with Crippen LogP contribution in [0.3, 0.4) is 0 Å². The van der Waals surface area contributed by atoms with Crippen LogP contribution in [0.2, 0.25) is 0 Å². The first-order valence-electron chi connectivity index (χ1n) is 21.7. The van der Waals surface area contributed by atoms with E-state index >= 15 is 0 Å². The third-order valence-electron chi connectivity index (χ3n) is 12.9. The molecule has 0 unspecified atom stereocenters. The van der Waals surface area contributed by atoms with Crippen molar-refractivity contribution < 1.29 is 4.42 Å². The molecule has 0 saturated carbocycles. The zero-order valence-corrected chi connectivity index (χ0v) is 35.5. The zero-order chi connectivity index (χ0) is 41.7. The zero-order valence-electron chi connectivity index (χ0n) is 34.5. The Kier molecular flexibility index (Phi) is 8.87. The van der Waals surface area contributed by atoms with E-state index in [0.29, 0.717) is 0 Å². The van der Waals surface area contributed by atoms with Crippen LogP contribution in [0, 0.1) is 0 Å². The molecule has 0 amide bonds. The highest BCUT2D eigenvalue weighted by molar-refractivity contribution is 7.20. The van der Waals surface area contributed by atoms with Crippen LogP contribution < -0.4 is 20.7 Å². The summed E-state index contributed by atoms with van der Waals surface area (Å²) in [5.41, 5.74) is 12.3. The molecule has 0 N–H and O–H groups in total. The van der Waals surface area contributed by atoms with Crippen molar-refractivity contribution in [3.8, 4) is 39.1 Å². The molecule has 2 aromatic heterocycles. The van der Waals surface area contributed by atoms with Crippen molar-refractivity contribution in [3.63, 3.8) is 0 Å². The molecule has 12 aromatic rings. The summed E-state index contributed by atoms with van der Waals surface area (Å²) in [7, 11) is -3.10. The Morgan fingerprint density at radius 2 is 0.810 bits per heavy atom. The van der Waals surface area contributed by atoms with Gasteiger partial charge in [0, 0.05) is 27.3 Å². The summed E-state index contributed by atoms with van der Waals surface area (Å²) >= 11 is 0. The maximum Gasteiger partial charge on any atom is 0.179 e. The summed E-state index contributed by atoms with van der Waals surface area (Å²) in [5.74, 6) is 0. The van der Waals surface area contributed by atoms with Crippen molar-refractivity contribution in [3.05, 3.63) is 249 Å². The van der Waals surface area contributed by atoms with Gasteiger partial charge in [0.1, 0.15) is 11.2 Å². The van der Waals surface area contributed by atoms with Crippen LogP contribution in [0.1, 0.15) is 0 Å². The Hall–Kier alpha value is -7.98. The van der Waals surface area contributed by atoms with E-state index in [1.165, 1.54) is 53.8 Å². The van der Waals surface area contributed by atoms with E-state index in [-0.39, 0.29) is 0 Å². The molecule has 0 spiro atoms. The molecular formula is C60H41NOSi. The lowest BCUT2D eigenvalue weighted by molar-refractivity contribution is 0.669. The molecule has 10 aromatic carbocycles. The van der Waals surface area contributed by atoms with Crippen molar-refractivity contribution in [1.29, 1.82) is 0 Å². The first-order chi connectivity index (χ1) is 31.3. The molecule has 3 heteroatoms.